The highest BCUT2D eigenvalue weighted by Crippen LogP contribution is 2.38. The first-order valence-corrected chi connectivity index (χ1v) is 11.5. The highest BCUT2D eigenvalue weighted by atomic mass is 32.2. The Morgan fingerprint density at radius 2 is 1.75 bits per heavy atom. The minimum atomic E-state index is -3.61. The van der Waals surface area contributed by atoms with Crippen LogP contribution in [0.15, 0.2) is 47.4 Å². The monoisotopic (exact) mass is 401 g/mol. The number of ether oxygens (including phenoxy) is 1. The van der Waals surface area contributed by atoms with Gasteiger partial charge in [-0.25, -0.2) is 8.42 Å². The van der Waals surface area contributed by atoms with E-state index < -0.39 is 10.0 Å². The second kappa shape index (κ2) is 8.16. The van der Waals surface area contributed by atoms with Gasteiger partial charge in [-0.3, -0.25) is 4.31 Å². The molecule has 0 spiro atoms. The standard InChI is InChI=1S/C23H31NO3S/c1-16(2)12-18-13-20-14-21(27-5)8-11-23(20)24(15-18)28(25,26)22-9-6-19(7-10-22)17(3)4/h6-11,14,16-18H,12-13,15H2,1-5H3. The third-order valence-electron chi connectivity index (χ3n) is 5.43. The van der Waals surface area contributed by atoms with Crippen LogP contribution >= 0.6 is 0 Å². The zero-order valence-electron chi connectivity index (χ0n) is 17.5. The first kappa shape index (κ1) is 20.7. The maximum Gasteiger partial charge on any atom is 0.264 e. The Balaban J connectivity index is 2.02. The van der Waals surface area contributed by atoms with E-state index in [-0.39, 0.29) is 0 Å². The van der Waals surface area contributed by atoms with E-state index >= 15 is 0 Å². The lowest BCUT2D eigenvalue weighted by molar-refractivity contribution is 0.398. The van der Waals surface area contributed by atoms with E-state index in [2.05, 4.69) is 27.7 Å². The van der Waals surface area contributed by atoms with Crippen LogP contribution in [0.5, 0.6) is 5.75 Å². The average molecular weight is 402 g/mol. The molecule has 2 aromatic rings. The van der Waals surface area contributed by atoms with Crippen LogP contribution in [0, 0.1) is 11.8 Å². The summed E-state index contributed by atoms with van der Waals surface area (Å²) in [6.45, 7) is 9.10. The first-order chi connectivity index (χ1) is 13.2. The first-order valence-electron chi connectivity index (χ1n) is 10.0. The van der Waals surface area contributed by atoms with Crippen molar-refractivity contribution in [2.24, 2.45) is 11.8 Å². The molecular weight excluding hydrogens is 370 g/mol. The van der Waals surface area contributed by atoms with Gasteiger partial charge in [0.05, 0.1) is 17.7 Å². The van der Waals surface area contributed by atoms with Crippen LogP contribution in [-0.2, 0) is 16.4 Å². The van der Waals surface area contributed by atoms with Gasteiger partial charge < -0.3 is 4.74 Å². The van der Waals surface area contributed by atoms with Gasteiger partial charge in [-0.2, -0.15) is 0 Å². The normalized spacial score (nSPS) is 17.1. The molecule has 0 radical (unpaired) electrons. The molecule has 0 bridgehead atoms. The smallest absolute Gasteiger partial charge is 0.264 e. The third-order valence-corrected chi connectivity index (χ3v) is 7.22. The Bertz CT molecular complexity index is 917. The third kappa shape index (κ3) is 4.19. The van der Waals surface area contributed by atoms with Crippen molar-refractivity contribution < 1.29 is 13.2 Å². The van der Waals surface area contributed by atoms with Crippen LogP contribution in [0.1, 0.15) is 51.2 Å². The zero-order chi connectivity index (χ0) is 20.5. The van der Waals surface area contributed by atoms with Crippen molar-refractivity contribution in [1.82, 2.24) is 0 Å². The summed E-state index contributed by atoms with van der Waals surface area (Å²) in [5, 5.41) is 0. The van der Waals surface area contributed by atoms with Crippen LogP contribution in [0.3, 0.4) is 0 Å². The number of sulfonamides is 1. The predicted molar refractivity (Wildman–Crippen MR) is 115 cm³/mol. The van der Waals surface area contributed by atoms with Crippen molar-refractivity contribution in [3.63, 3.8) is 0 Å². The number of hydrogen-bond donors (Lipinski definition) is 0. The molecule has 0 amide bonds. The summed E-state index contributed by atoms with van der Waals surface area (Å²) in [6.07, 6.45) is 1.87. The fourth-order valence-electron chi connectivity index (χ4n) is 4.01. The van der Waals surface area contributed by atoms with E-state index in [1.165, 1.54) is 0 Å². The van der Waals surface area contributed by atoms with Crippen LogP contribution in [0.2, 0.25) is 0 Å². The van der Waals surface area contributed by atoms with Crippen LogP contribution in [0.25, 0.3) is 0 Å². The molecule has 1 unspecified atom stereocenters. The average Bonchev–Trinajstić information content (AvgIpc) is 2.66. The summed E-state index contributed by atoms with van der Waals surface area (Å²) in [5.41, 5.74) is 2.95. The van der Waals surface area contributed by atoms with Crippen molar-refractivity contribution in [2.45, 2.75) is 51.3 Å². The van der Waals surface area contributed by atoms with Gasteiger partial charge in [-0.1, -0.05) is 39.8 Å². The second-order valence-corrected chi connectivity index (χ2v) is 10.3. The second-order valence-electron chi connectivity index (χ2n) is 8.45. The fraction of sp³-hybridized carbons (Fsp3) is 0.478. The lowest BCUT2D eigenvalue weighted by Crippen LogP contribution is -2.40. The van der Waals surface area contributed by atoms with Crippen molar-refractivity contribution in [3.8, 4) is 5.75 Å². The molecule has 152 valence electrons. The van der Waals surface area contributed by atoms with E-state index in [4.69, 9.17) is 4.74 Å². The molecule has 0 aromatic heterocycles. The Hall–Kier alpha value is -2.01. The molecule has 1 heterocycles. The summed E-state index contributed by atoms with van der Waals surface area (Å²) in [4.78, 5) is 0.351. The van der Waals surface area contributed by atoms with E-state index in [0.717, 1.165) is 35.4 Å². The fourth-order valence-corrected chi connectivity index (χ4v) is 5.59. The molecule has 28 heavy (non-hydrogen) atoms. The van der Waals surface area contributed by atoms with Gasteiger partial charge in [0.15, 0.2) is 0 Å². The number of fused-ring (bicyclic) bond motifs is 1. The molecule has 0 saturated carbocycles. The number of hydrogen-bond acceptors (Lipinski definition) is 3. The van der Waals surface area contributed by atoms with Gasteiger partial charge in [0.1, 0.15) is 5.75 Å². The van der Waals surface area contributed by atoms with Gasteiger partial charge in [0.2, 0.25) is 0 Å². The molecule has 5 heteroatoms. The van der Waals surface area contributed by atoms with Crippen molar-refractivity contribution >= 4 is 15.7 Å². The lowest BCUT2D eigenvalue weighted by atomic mass is 9.87. The number of methoxy groups -OCH3 is 1. The van der Waals surface area contributed by atoms with Gasteiger partial charge in [0, 0.05) is 6.54 Å². The SMILES string of the molecule is COc1ccc2c(c1)CC(CC(C)C)CN2S(=O)(=O)c1ccc(C(C)C)cc1. The molecule has 0 aliphatic carbocycles. The molecule has 1 aliphatic heterocycles. The van der Waals surface area contributed by atoms with Crippen LogP contribution in [-0.4, -0.2) is 22.1 Å². The minimum absolute atomic E-state index is 0.296. The molecule has 1 atom stereocenters. The Kier molecular flexibility index (Phi) is 6.04. The predicted octanol–water partition coefficient (Wildman–Crippen LogP) is 5.23. The number of benzene rings is 2. The van der Waals surface area contributed by atoms with Crippen molar-refractivity contribution in [1.29, 1.82) is 0 Å². The maximum absolute atomic E-state index is 13.5. The minimum Gasteiger partial charge on any atom is -0.497 e. The molecule has 1 aliphatic rings. The number of anilines is 1. The van der Waals surface area contributed by atoms with E-state index in [1.54, 1.807) is 23.5 Å². The molecule has 4 nitrogen and oxygen atoms in total. The zero-order valence-corrected chi connectivity index (χ0v) is 18.3. The number of rotatable bonds is 6. The Morgan fingerprint density at radius 3 is 2.32 bits per heavy atom. The van der Waals surface area contributed by atoms with Crippen LogP contribution < -0.4 is 9.04 Å². The van der Waals surface area contributed by atoms with Gasteiger partial charge >= 0.3 is 0 Å². The number of nitrogens with zero attached hydrogens (tertiary/aromatic N) is 1. The quantitative estimate of drug-likeness (QED) is 0.666. The summed E-state index contributed by atoms with van der Waals surface area (Å²) >= 11 is 0. The summed E-state index contributed by atoms with van der Waals surface area (Å²) < 4.78 is 34.0. The van der Waals surface area contributed by atoms with Crippen molar-refractivity contribution in [3.05, 3.63) is 53.6 Å². The molecule has 3 rings (SSSR count). The van der Waals surface area contributed by atoms with E-state index in [1.807, 2.05) is 30.3 Å². The van der Waals surface area contributed by atoms with Crippen LogP contribution in [0.4, 0.5) is 5.69 Å². The van der Waals surface area contributed by atoms with Gasteiger partial charge in [-0.05, 0) is 72.1 Å². The maximum atomic E-state index is 13.5. The van der Waals surface area contributed by atoms with E-state index in [9.17, 15) is 8.42 Å². The molecule has 2 aromatic carbocycles. The topological polar surface area (TPSA) is 46.6 Å². The highest BCUT2D eigenvalue weighted by molar-refractivity contribution is 7.92. The lowest BCUT2D eigenvalue weighted by Gasteiger charge is -2.36. The van der Waals surface area contributed by atoms with Gasteiger partial charge in [-0.15, -0.1) is 0 Å². The largest absolute Gasteiger partial charge is 0.497 e. The highest BCUT2D eigenvalue weighted by Gasteiger charge is 2.33. The summed E-state index contributed by atoms with van der Waals surface area (Å²) in [5.74, 6) is 1.95. The Labute approximate surface area is 169 Å². The molecule has 0 saturated heterocycles. The molecule has 0 N–H and O–H groups in total. The summed E-state index contributed by atoms with van der Waals surface area (Å²) in [6, 6.07) is 13.0. The van der Waals surface area contributed by atoms with E-state index in [0.29, 0.717) is 29.2 Å². The van der Waals surface area contributed by atoms with Gasteiger partial charge in [0.25, 0.3) is 10.0 Å². The Morgan fingerprint density at radius 1 is 1.07 bits per heavy atom. The van der Waals surface area contributed by atoms with Crippen molar-refractivity contribution in [2.75, 3.05) is 18.0 Å². The molecular formula is C23H31NO3S. The summed E-state index contributed by atoms with van der Waals surface area (Å²) in [7, 11) is -1.97. The molecule has 0 fully saturated rings.